The summed E-state index contributed by atoms with van der Waals surface area (Å²) in [6.45, 7) is 3.07. The number of para-hydroxylation sites is 2. The Morgan fingerprint density at radius 1 is 1.30 bits per heavy atom. The third-order valence-electron chi connectivity index (χ3n) is 3.45. The molecular formula is C14H19ClN4O. The van der Waals surface area contributed by atoms with Gasteiger partial charge < -0.3 is 15.4 Å². The summed E-state index contributed by atoms with van der Waals surface area (Å²) in [7, 11) is 1.63. The maximum atomic E-state index is 5.32. The number of ether oxygens (including phenoxy) is 1. The SMILES string of the molecule is COc1nc2ccccc2nc1NCC1CCNC1.Cl. The van der Waals surface area contributed by atoms with E-state index in [9.17, 15) is 0 Å². The summed E-state index contributed by atoms with van der Waals surface area (Å²) < 4.78 is 5.32. The van der Waals surface area contributed by atoms with E-state index < -0.39 is 0 Å². The van der Waals surface area contributed by atoms with Crippen LogP contribution in [-0.4, -0.2) is 36.7 Å². The van der Waals surface area contributed by atoms with E-state index in [1.807, 2.05) is 24.3 Å². The van der Waals surface area contributed by atoms with E-state index in [2.05, 4.69) is 20.6 Å². The minimum Gasteiger partial charge on any atom is -0.478 e. The lowest BCUT2D eigenvalue weighted by Crippen LogP contribution is -2.18. The van der Waals surface area contributed by atoms with Crippen LogP contribution in [0.1, 0.15) is 6.42 Å². The lowest BCUT2D eigenvalue weighted by Gasteiger charge is -2.13. The van der Waals surface area contributed by atoms with Gasteiger partial charge in [-0.3, -0.25) is 0 Å². The molecule has 0 amide bonds. The van der Waals surface area contributed by atoms with Crippen LogP contribution in [0.4, 0.5) is 5.82 Å². The number of rotatable bonds is 4. The van der Waals surface area contributed by atoms with Gasteiger partial charge in [0.1, 0.15) is 0 Å². The molecule has 108 valence electrons. The molecule has 1 saturated heterocycles. The van der Waals surface area contributed by atoms with Crippen molar-refractivity contribution in [1.29, 1.82) is 0 Å². The number of fused-ring (bicyclic) bond motifs is 1. The van der Waals surface area contributed by atoms with Crippen LogP contribution < -0.4 is 15.4 Å². The van der Waals surface area contributed by atoms with Crippen LogP contribution in [0.15, 0.2) is 24.3 Å². The number of hydrogen-bond donors (Lipinski definition) is 2. The van der Waals surface area contributed by atoms with Crippen molar-refractivity contribution in [3.05, 3.63) is 24.3 Å². The van der Waals surface area contributed by atoms with Crippen LogP contribution in [0.3, 0.4) is 0 Å². The van der Waals surface area contributed by atoms with Crippen molar-refractivity contribution in [3.63, 3.8) is 0 Å². The first-order valence-corrected chi connectivity index (χ1v) is 6.62. The standard InChI is InChI=1S/C14H18N4O.ClH/c1-19-14-13(16-9-10-6-7-15-8-10)17-11-4-2-3-5-12(11)18-14;/h2-5,10,15H,6-9H2,1H3,(H,16,17);1H. The maximum absolute atomic E-state index is 5.32. The first kappa shape index (κ1) is 14.8. The van der Waals surface area contributed by atoms with Crippen molar-refractivity contribution in [2.24, 2.45) is 5.92 Å². The van der Waals surface area contributed by atoms with Crippen LogP contribution in [0.25, 0.3) is 11.0 Å². The summed E-state index contributed by atoms with van der Waals surface area (Å²) >= 11 is 0. The Hall–Kier alpha value is -1.59. The first-order valence-electron chi connectivity index (χ1n) is 6.62. The predicted molar refractivity (Wildman–Crippen MR) is 82.8 cm³/mol. The highest BCUT2D eigenvalue weighted by atomic mass is 35.5. The van der Waals surface area contributed by atoms with Gasteiger partial charge in [-0.15, -0.1) is 12.4 Å². The van der Waals surface area contributed by atoms with E-state index in [1.165, 1.54) is 6.42 Å². The average molecular weight is 295 g/mol. The number of anilines is 1. The zero-order chi connectivity index (χ0) is 13.1. The normalized spacial score (nSPS) is 17.8. The van der Waals surface area contributed by atoms with Crippen LogP contribution >= 0.6 is 12.4 Å². The second-order valence-electron chi connectivity index (χ2n) is 4.81. The molecule has 1 aromatic carbocycles. The van der Waals surface area contributed by atoms with E-state index in [0.29, 0.717) is 11.8 Å². The number of aromatic nitrogens is 2. The summed E-state index contributed by atoms with van der Waals surface area (Å²) in [5.41, 5.74) is 1.74. The smallest absolute Gasteiger partial charge is 0.257 e. The van der Waals surface area contributed by atoms with Gasteiger partial charge >= 0.3 is 0 Å². The molecular weight excluding hydrogens is 276 g/mol. The van der Waals surface area contributed by atoms with Gasteiger partial charge in [-0.05, 0) is 37.6 Å². The van der Waals surface area contributed by atoms with E-state index in [4.69, 9.17) is 4.74 Å². The minimum absolute atomic E-state index is 0. The highest BCUT2D eigenvalue weighted by molar-refractivity contribution is 5.85. The number of nitrogens with zero attached hydrogens (tertiary/aromatic N) is 2. The van der Waals surface area contributed by atoms with Crippen LogP contribution in [0.5, 0.6) is 5.88 Å². The van der Waals surface area contributed by atoms with Crippen molar-refractivity contribution in [3.8, 4) is 5.88 Å². The third kappa shape index (κ3) is 3.11. The minimum atomic E-state index is 0. The number of benzene rings is 1. The number of hydrogen-bond acceptors (Lipinski definition) is 5. The fourth-order valence-corrected chi connectivity index (χ4v) is 2.37. The van der Waals surface area contributed by atoms with Gasteiger partial charge in [-0.25, -0.2) is 9.97 Å². The Kier molecular flexibility index (Phi) is 4.98. The fraction of sp³-hybridized carbons (Fsp3) is 0.429. The van der Waals surface area contributed by atoms with Gasteiger partial charge in [0.15, 0.2) is 5.82 Å². The summed E-state index contributed by atoms with van der Waals surface area (Å²) in [4.78, 5) is 9.06. The molecule has 1 atom stereocenters. The maximum Gasteiger partial charge on any atom is 0.257 e. The zero-order valence-corrected chi connectivity index (χ0v) is 12.2. The van der Waals surface area contributed by atoms with E-state index in [1.54, 1.807) is 7.11 Å². The lowest BCUT2D eigenvalue weighted by molar-refractivity contribution is 0.399. The number of halogens is 1. The molecule has 2 N–H and O–H groups in total. The second kappa shape index (κ2) is 6.72. The van der Waals surface area contributed by atoms with Crippen LogP contribution in [0.2, 0.25) is 0 Å². The molecule has 1 aliphatic heterocycles. The summed E-state index contributed by atoms with van der Waals surface area (Å²) in [5, 5.41) is 6.72. The van der Waals surface area contributed by atoms with Gasteiger partial charge in [-0.1, -0.05) is 12.1 Å². The van der Waals surface area contributed by atoms with Crippen molar-refractivity contribution in [2.45, 2.75) is 6.42 Å². The largest absolute Gasteiger partial charge is 0.478 e. The Bertz CT molecular complexity index is 572. The fourth-order valence-electron chi connectivity index (χ4n) is 2.37. The van der Waals surface area contributed by atoms with Gasteiger partial charge in [-0.2, -0.15) is 0 Å². The Morgan fingerprint density at radius 2 is 2.05 bits per heavy atom. The molecule has 1 unspecified atom stereocenters. The summed E-state index contributed by atoms with van der Waals surface area (Å²) in [5.74, 6) is 1.94. The molecule has 0 spiro atoms. The topological polar surface area (TPSA) is 59.1 Å². The monoisotopic (exact) mass is 294 g/mol. The molecule has 20 heavy (non-hydrogen) atoms. The molecule has 2 aromatic rings. The Balaban J connectivity index is 0.00000147. The molecule has 0 saturated carbocycles. The third-order valence-corrected chi connectivity index (χ3v) is 3.45. The van der Waals surface area contributed by atoms with Crippen molar-refractivity contribution >= 4 is 29.3 Å². The summed E-state index contributed by atoms with van der Waals surface area (Å²) in [6, 6.07) is 7.82. The second-order valence-corrected chi connectivity index (χ2v) is 4.81. The van der Waals surface area contributed by atoms with Crippen molar-refractivity contribution in [2.75, 3.05) is 32.1 Å². The van der Waals surface area contributed by atoms with Crippen molar-refractivity contribution < 1.29 is 4.74 Å². The number of nitrogens with one attached hydrogen (secondary N) is 2. The van der Waals surface area contributed by atoms with E-state index in [-0.39, 0.29) is 12.4 Å². The van der Waals surface area contributed by atoms with Gasteiger partial charge in [0, 0.05) is 6.54 Å². The molecule has 1 fully saturated rings. The Morgan fingerprint density at radius 3 is 2.70 bits per heavy atom. The van der Waals surface area contributed by atoms with Crippen LogP contribution in [0, 0.1) is 5.92 Å². The zero-order valence-electron chi connectivity index (χ0n) is 11.4. The van der Waals surface area contributed by atoms with Crippen LogP contribution in [-0.2, 0) is 0 Å². The summed E-state index contributed by atoms with van der Waals surface area (Å²) in [6.07, 6.45) is 1.20. The van der Waals surface area contributed by atoms with Gasteiger partial charge in [0.25, 0.3) is 5.88 Å². The molecule has 1 aromatic heterocycles. The Labute approximate surface area is 124 Å². The lowest BCUT2D eigenvalue weighted by atomic mass is 10.1. The average Bonchev–Trinajstić information content (AvgIpc) is 2.97. The number of methoxy groups -OCH3 is 1. The predicted octanol–water partition coefficient (Wildman–Crippen LogP) is 2.08. The molecule has 6 heteroatoms. The van der Waals surface area contributed by atoms with Gasteiger partial charge in [0.2, 0.25) is 0 Å². The molecule has 0 radical (unpaired) electrons. The highest BCUT2D eigenvalue weighted by Crippen LogP contribution is 2.23. The van der Waals surface area contributed by atoms with Gasteiger partial charge in [0.05, 0.1) is 18.1 Å². The quantitative estimate of drug-likeness (QED) is 0.904. The molecule has 5 nitrogen and oxygen atoms in total. The van der Waals surface area contributed by atoms with E-state index >= 15 is 0 Å². The van der Waals surface area contributed by atoms with Crippen molar-refractivity contribution in [1.82, 2.24) is 15.3 Å². The molecule has 0 aliphatic carbocycles. The molecule has 1 aliphatic rings. The molecule has 3 rings (SSSR count). The molecule has 0 bridgehead atoms. The highest BCUT2D eigenvalue weighted by Gasteiger charge is 2.16. The van der Waals surface area contributed by atoms with E-state index in [0.717, 1.165) is 36.5 Å². The first-order chi connectivity index (χ1) is 9.36. The molecule has 2 heterocycles.